The third-order valence-electron chi connectivity index (χ3n) is 2.79. The molecule has 0 aliphatic rings. The number of carboxylic acids is 1. The molecule has 0 aliphatic carbocycles. The summed E-state index contributed by atoms with van der Waals surface area (Å²) in [6, 6.07) is 2.74. The highest BCUT2D eigenvalue weighted by atomic mass is 19.1. The number of benzene rings is 1. The highest BCUT2D eigenvalue weighted by Crippen LogP contribution is 2.14. The maximum absolute atomic E-state index is 13.2. The fourth-order valence-corrected chi connectivity index (χ4v) is 1.87. The maximum atomic E-state index is 13.2. The molecule has 0 saturated heterocycles. The Labute approximate surface area is 122 Å². The summed E-state index contributed by atoms with van der Waals surface area (Å²) in [4.78, 5) is 22.6. The highest BCUT2D eigenvalue weighted by molar-refractivity contribution is 5.93. The van der Waals surface area contributed by atoms with Crippen LogP contribution >= 0.6 is 0 Å². The highest BCUT2D eigenvalue weighted by Gasteiger charge is 2.14. The topological polar surface area (TPSA) is 87.7 Å². The Morgan fingerprint density at radius 2 is 2.14 bits per heavy atom. The molecule has 0 bridgehead atoms. The van der Waals surface area contributed by atoms with Crippen molar-refractivity contribution < 1.29 is 23.8 Å². The third kappa shape index (κ3) is 5.39. The first kappa shape index (κ1) is 16.9. The number of methoxy groups -OCH3 is 1. The van der Waals surface area contributed by atoms with Gasteiger partial charge in [-0.15, -0.1) is 0 Å². The van der Waals surface area contributed by atoms with E-state index in [-0.39, 0.29) is 11.7 Å². The van der Waals surface area contributed by atoms with Crippen LogP contribution in [0.25, 0.3) is 0 Å². The molecular weight excluding hydrogens is 279 g/mol. The van der Waals surface area contributed by atoms with Gasteiger partial charge in [0.25, 0.3) is 0 Å². The number of nitrogens with one attached hydrogen (secondary N) is 2. The van der Waals surface area contributed by atoms with Crippen LogP contribution in [0.1, 0.15) is 30.1 Å². The molecular formula is C14H19FN2O4. The number of rotatable bonds is 7. The van der Waals surface area contributed by atoms with Crippen LogP contribution in [-0.4, -0.2) is 36.9 Å². The lowest BCUT2D eigenvalue weighted by atomic mass is 10.2. The quantitative estimate of drug-likeness (QED) is 0.721. The van der Waals surface area contributed by atoms with Crippen molar-refractivity contribution in [1.82, 2.24) is 5.32 Å². The summed E-state index contributed by atoms with van der Waals surface area (Å²) in [6.07, 6.45) is 1.64. The molecule has 116 valence electrons. The Bertz CT molecular complexity index is 502. The number of urea groups is 1. The van der Waals surface area contributed by atoms with Crippen molar-refractivity contribution >= 4 is 17.7 Å². The molecule has 2 amide bonds. The molecule has 21 heavy (non-hydrogen) atoms. The zero-order valence-electron chi connectivity index (χ0n) is 12.0. The predicted molar refractivity (Wildman–Crippen MR) is 76.1 cm³/mol. The van der Waals surface area contributed by atoms with Crippen molar-refractivity contribution in [2.75, 3.05) is 19.0 Å². The molecule has 0 spiro atoms. The van der Waals surface area contributed by atoms with E-state index in [1.165, 1.54) is 6.07 Å². The molecule has 0 saturated carbocycles. The number of halogens is 1. The van der Waals surface area contributed by atoms with Gasteiger partial charge in [-0.25, -0.2) is 14.0 Å². The van der Waals surface area contributed by atoms with Crippen LogP contribution in [-0.2, 0) is 4.74 Å². The van der Waals surface area contributed by atoms with Crippen molar-refractivity contribution in [3.63, 3.8) is 0 Å². The van der Waals surface area contributed by atoms with Crippen LogP contribution in [0, 0.1) is 5.82 Å². The fourth-order valence-electron chi connectivity index (χ4n) is 1.87. The van der Waals surface area contributed by atoms with Crippen LogP contribution in [0.4, 0.5) is 14.9 Å². The van der Waals surface area contributed by atoms with Crippen molar-refractivity contribution in [1.29, 1.82) is 0 Å². The number of amides is 2. The van der Waals surface area contributed by atoms with Crippen molar-refractivity contribution in [3.8, 4) is 0 Å². The average Bonchev–Trinajstić information content (AvgIpc) is 2.41. The smallest absolute Gasteiger partial charge is 0.338 e. The normalized spacial score (nSPS) is 11.8. The number of aromatic carboxylic acids is 1. The van der Waals surface area contributed by atoms with E-state index < -0.39 is 23.4 Å². The van der Waals surface area contributed by atoms with E-state index in [1.807, 2.05) is 6.92 Å². The van der Waals surface area contributed by atoms with Gasteiger partial charge in [0, 0.05) is 12.8 Å². The minimum atomic E-state index is -1.39. The summed E-state index contributed by atoms with van der Waals surface area (Å²) >= 11 is 0. The van der Waals surface area contributed by atoms with Gasteiger partial charge >= 0.3 is 12.0 Å². The predicted octanol–water partition coefficient (Wildman–Crippen LogP) is 2.46. The molecule has 0 radical (unpaired) electrons. The standard InChI is InChI=1S/C14H19FN2O4/c1-3-4-10(8-21-2)17-14(20)16-9-5-6-12(15)11(7-9)13(18)19/h5-7,10H,3-4,8H2,1-2H3,(H,18,19)(H2,16,17,20). The van der Waals surface area contributed by atoms with E-state index in [9.17, 15) is 14.0 Å². The van der Waals surface area contributed by atoms with Crippen LogP contribution in [0.15, 0.2) is 18.2 Å². The Hall–Kier alpha value is -2.15. The summed E-state index contributed by atoms with van der Waals surface area (Å²) in [5.74, 6) is -2.24. The second-order valence-corrected chi connectivity index (χ2v) is 4.54. The van der Waals surface area contributed by atoms with E-state index >= 15 is 0 Å². The number of hydrogen-bond acceptors (Lipinski definition) is 3. The van der Waals surface area contributed by atoms with E-state index in [2.05, 4.69) is 10.6 Å². The minimum absolute atomic E-state index is 0.139. The van der Waals surface area contributed by atoms with Crippen molar-refractivity contribution in [2.24, 2.45) is 0 Å². The maximum Gasteiger partial charge on any atom is 0.338 e. The van der Waals surface area contributed by atoms with Crippen molar-refractivity contribution in [3.05, 3.63) is 29.6 Å². The van der Waals surface area contributed by atoms with Gasteiger partial charge in [0.15, 0.2) is 0 Å². The van der Waals surface area contributed by atoms with Crippen LogP contribution in [0.5, 0.6) is 0 Å². The van der Waals surface area contributed by atoms with E-state index in [0.29, 0.717) is 6.61 Å². The molecule has 0 aromatic heterocycles. The van der Waals surface area contributed by atoms with Gasteiger partial charge in [0.2, 0.25) is 0 Å². The zero-order valence-corrected chi connectivity index (χ0v) is 12.0. The molecule has 0 heterocycles. The lowest BCUT2D eigenvalue weighted by Gasteiger charge is -2.17. The zero-order chi connectivity index (χ0) is 15.8. The fraction of sp³-hybridized carbons (Fsp3) is 0.429. The first-order valence-electron chi connectivity index (χ1n) is 6.57. The monoisotopic (exact) mass is 298 g/mol. The summed E-state index contributed by atoms with van der Waals surface area (Å²) in [5.41, 5.74) is -0.284. The van der Waals surface area contributed by atoms with Gasteiger partial charge in [0.1, 0.15) is 5.82 Å². The number of carbonyl (C=O) groups is 2. The molecule has 1 unspecified atom stereocenters. The molecule has 1 aromatic rings. The van der Waals surface area contributed by atoms with Gasteiger partial charge < -0.3 is 20.5 Å². The third-order valence-corrected chi connectivity index (χ3v) is 2.79. The number of carboxylic acid groups (broad SMARTS) is 1. The molecule has 1 atom stereocenters. The molecule has 3 N–H and O–H groups in total. The van der Waals surface area contributed by atoms with Gasteiger partial charge in [-0.2, -0.15) is 0 Å². The van der Waals surface area contributed by atoms with Crippen molar-refractivity contribution in [2.45, 2.75) is 25.8 Å². The average molecular weight is 298 g/mol. The summed E-state index contributed by atoms with van der Waals surface area (Å²) in [5, 5.41) is 14.0. The molecule has 1 aromatic carbocycles. The molecule has 0 aliphatic heterocycles. The number of hydrogen-bond donors (Lipinski definition) is 3. The number of anilines is 1. The second kappa shape index (κ2) is 8.21. The SMILES string of the molecule is CCCC(COC)NC(=O)Nc1ccc(F)c(C(=O)O)c1. The Balaban J connectivity index is 2.69. The van der Waals surface area contributed by atoms with Gasteiger partial charge in [-0.3, -0.25) is 0 Å². The minimum Gasteiger partial charge on any atom is -0.478 e. The van der Waals surface area contributed by atoms with Gasteiger partial charge in [-0.05, 0) is 24.6 Å². The Kier molecular flexibility index (Phi) is 6.61. The summed E-state index contributed by atoms with van der Waals surface area (Å²) in [6.45, 7) is 2.37. The summed E-state index contributed by atoms with van der Waals surface area (Å²) in [7, 11) is 1.54. The molecule has 7 heteroatoms. The second-order valence-electron chi connectivity index (χ2n) is 4.54. The first-order chi connectivity index (χ1) is 9.97. The molecule has 6 nitrogen and oxygen atoms in total. The molecule has 1 rings (SSSR count). The molecule has 0 fully saturated rings. The Morgan fingerprint density at radius 1 is 1.43 bits per heavy atom. The van der Waals surface area contributed by atoms with E-state index in [4.69, 9.17) is 9.84 Å². The van der Waals surface area contributed by atoms with Gasteiger partial charge in [0.05, 0.1) is 18.2 Å². The summed E-state index contributed by atoms with van der Waals surface area (Å²) < 4.78 is 18.2. The Morgan fingerprint density at radius 3 is 2.71 bits per heavy atom. The van der Waals surface area contributed by atoms with Crippen LogP contribution < -0.4 is 10.6 Å². The van der Waals surface area contributed by atoms with Crippen LogP contribution in [0.2, 0.25) is 0 Å². The van der Waals surface area contributed by atoms with E-state index in [1.54, 1.807) is 7.11 Å². The number of ether oxygens (including phenoxy) is 1. The lowest BCUT2D eigenvalue weighted by molar-refractivity contribution is 0.0692. The first-order valence-corrected chi connectivity index (χ1v) is 6.57. The van der Waals surface area contributed by atoms with Crippen LogP contribution in [0.3, 0.4) is 0 Å². The van der Waals surface area contributed by atoms with E-state index in [0.717, 1.165) is 25.0 Å². The largest absolute Gasteiger partial charge is 0.478 e. The number of carbonyl (C=O) groups excluding carboxylic acids is 1. The van der Waals surface area contributed by atoms with Gasteiger partial charge in [-0.1, -0.05) is 13.3 Å². The lowest BCUT2D eigenvalue weighted by Crippen LogP contribution is -2.40.